The fraction of sp³-hybridized carbons (Fsp3) is 0.350. The van der Waals surface area contributed by atoms with Crippen molar-refractivity contribution in [2.75, 3.05) is 5.32 Å². The number of benzene rings is 1. The van der Waals surface area contributed by atoms with Gasteiger partial charge in [-0.1, -0.05) is 12.1 Å². The van der Waals surface area contributed by atoms with Crippen LogP contribution in [0.2, 0.25) is 0 Å². The van der Waals surface area contributed by atoms with Gasteiger partial charge in [-0.25, -0.2) is 18.7 Å². The molecule has 1 aliphatic carbocycles. The molecule has 1 saturated carbocycles. The zero-order valence-electron chi connectivity index (χ0n) is 16.1. The van der Waals surface area contributed by atoms with Crippen molar-refractivity contribution >= 4 is 16.7 Å². The Labute approximate surface area is 172 Å². The van der Waals surface area contributed by atoms with Gasteiger partial charge in [0.2, 0.25) is 0 Å². The lowest BCUT2D eigenvalue weighted by Crippen LogP contribution is -2.35. The molecule has 0 bridgehead atoms. The molecular formula is C20H17F5N4O2. The molecule has 2 aromatic heterocycles. The van der Waals surface area contributed by atoms with Crippen molar-refractivity contribution < 1.29 is 27.1 Å². The molecule has 31 heavy (non-hydrogen) atoms. The summed E-state index contributed by atoms with van der Waals surface area (Å²) < 4.78 is 66.9. The molecule has 3 aromatic rings. The number of halogens is 5. The molecule has 0 aliphatic heterocycles. The molecule has 0 radical (unpaired) electrons. The van der Waals surface area contributed by atoms with Crippen LogP contribution in [-0.4, -0.2) is 26.1 Å². The molecule has 1 atom stereocenters. The zero-order valence-corrected chi connectivity index (χ0v) is 16.1. The van der Waals surface area contributed by atoms with Crippen LogP contribution >= 0.6 is 0 Å². The van der Waals surface area contributed by atoms with Gasteiger partial charge in [-0.3, -0.25) is 4.79 Å². The first-order valence-corrected chi connectivity index (χ1v) is 9.33. The SMILES string of the molecule is Cc1nc(N[C@H](O)c2cccc(C(F)(F)F)c2)c2cn(C3(C(F)F)CC3)c(=O)cc2n1. The summed E-state index contributed by atoms with van der Waals surface area (Å²) in [5.41, 5.74) is -3.08. The molecule has 2 heterocycles. The number of pyridine rings is 1. The predicted molar refractivity (Wildman–Crippen MR) is 102 cm³/mol. The number of aliphatic hydroxyl groups is 1. The number of alkyl halides is 5. The summed E-state index contributed by atoms with van der Waals surface area (Å²) in [7, 11) is 0. The van der Waals surface area contributed by atoms with Gasteiger partial charge in [-0.15, -0.1) is 0 Å². The summed E-state index contributed by atoms with van der Waals surface area (Å²) in [5.74, 6) is 0.226. The molecule has 2 N–H and O–H groups in total. The van der Waals surface area contributed by atoms with Crippen molar-refractivity contribution in [2.45, 2.75) is 44.1 Å². The lowest BCUT2D eigenvalue weighted by molar-refractivity contribution is -0.137. The molecule has 1 aliphatic rings. The minimum absolute atomic E-state index is 0.00577. The highest BCUT2D eigenvalue weighted by molar-refractivity contribution is 5.88. The Bertz CT molecular complexity index is 1200. The van der Waals surface area contributed by atoms with E-state index in [2.05, 4.69) is 15.3 Å². The maximum Gasteiger partial charge on any atom is 0.416 e. The molecule has 0 unspecified atom stereocenters. The highest BCUT2D eigenvalue weighted by Crippen LogP contribution is 2.48. The van der Waals surface area contributed by atoms with E-state index in [0.29, 0.717) is 0 Å². The molecule has 6 nitrogen and oxygen atoms in total. The van der Waals surface area contributed by atoms with Gasteiger partial charge in [0.05, 0.1) is 16.5 Å². The summed E-state index contributed by atoms with van der Waals surface area (Å²) in [6.07, 6.45) is -7.43. The minimum Gasteiger partial charge on any atom is -0.369 e. The van der Waals surface area contributed by atoms with E-state index in [1.807, 2.05) is 0 Å². The number of hydrogen-bond donors (Lipinski definition) is 2. The number of fused-ring (bicyclic) bond motifs is 1. The number of aromatic nitrogens is 3. The van der Waals surface area contributed by atoms with Gasteiger partial charge in [0.25, 0.3) is 12.0 Å². The molecule has 0 spiro atoms. The molecule has 1 fully saturated rings. The quantitative estimate of drug-likeness (QED) is 0.464. The average Bonchev–Trinajstić information content (AvgIpc) is 3.48. The summed E-state index contributed by atoms with van der Waals surface area (Å²) in [6.45, 7) is 1.52. The van der Waals surface area contributed by atoms with E-state index < -0.39 is 35.5 Å². The molecule has 164 valence electrons. The van der Waals surface area contributed by atoms with Crippen molar-refractivity contribution in [3.8, 4) is 0 Å². The first-order valence-electron chi connectivity index (χ1n) is 9.33. The number of rotatable bonds is 5. The van der Waals surface area contributed by atoms with E-state index in [9.17, 15) is 31.9 Å². The van der Waals surface area contributed by atoms with Crippen LogP contribution in [0.3, 0.4) is 0 Å². The van der Waals surface area contributed by atoms with E-state index in [0.717, 1.165) is 28.8 Å². The third-order valence-electron chi connectivity index (χ3n) is 5.29. The van der Waals surface area contributed by atoms with Crippen LogP contribution in [0.4, 0.5) is 27.8 Å². The fourth-order valence-electron chi connectivity index (χ4n) is 3.47. The Morgan fingerprint density at radius 1 is 1.19 bits per heavy atom. The smallest absolute Gasteiger partial charge is 0.369 e. The summed E-state index contributed by atoms with van der Waals surface area (Å²) in [6, 6.07) is 5.23. The Morgan fingerprint density at radius 2 is 1.90 bits per heavy atom. The summed E-state index contributed by atoms with van der Waals surface area (Å²) in [4.78, 5) is 20.7. The third-order valence-corrected chi connectivity index (χ3v) is 5.29. The topological polar surface area (TPSA) is 80.0 Å². The molecular weight excluding hydrogens is 423 g/mol. The van der Waals surface area contributed by atoms with Crippen molar-refractivity contribution in [3.05, 3.63) is 63.8 Å². The fourth-order valence-corrected chi connectivity index (χ4v) is 3.47. The van der Waals surface area contributed by atoms with Gasteiger partial charge in [0.1, 0.15) is 17.2 Å². The van der Waals surface area contributed by atoms with Crippen molar-refractivity contribution in [1.29, 1.82) is 0 Å². The van der Waals surface area contributed by atoms with E-state index in [1.165, 1.54) is 19.2 Å². The summed E-state index contributed by atoms with van der Waals surface area (Å²) >= 11 is 0. The van der Waals surface area contributed by atoms with Gasteiger partial charge in [-0.05, 0) is 31.9 Å². The van der Waals surface area contributed by atoms with E-state index in [-0.39, 0.29) is 41.0 Å². The van der Waals surface area contributed by atoms with Gasteiger partial charge in [0.15, 0.2) is 6.23 Å². The highest BCUT2D eigenvalue weighted by Gasteiger charge is 2.53. The molecule has 11 heteroatoms. The second-order valence-electron chi connectivity index (χ2n) is 7.47. The van der Waals surface area contributed by atoms with Gasteiger partial charge >= 0.3 is 6.18 Å². The maximum atomic E-state index is 13.5. The lowest BCUT2D eigenvalue weighted by Gasteiger charge is -2.20. The third kappa shape index (κ3) is 3.85. The molecule has 0 amide bonds. The van der Waals surface area contributed by atoms with Crippen molar-refractivity contribution in [2.24, 2.45) is 0 Å². The molecule has 4 rings (SSSR count). The number of aliphatic hydroxyl groups excluding tert-OH is 1. The Balaban J connectivity index is 1.76. The Hall–Kier alpha value is -3.08. The number of nitrogens with zero attached hydrogens (tertiary/aromatic N) is 3. The van der Waals surface area contributed by atoms with Crippen LogP contribution < -0.4 is 10.9 Å². The average molecular weight is 440 g/mol. The van der Waals surface area contributed by atoms with Gasteiger partial charge < -0.3 is 15.0 Å². The zero-order chi connectivity index (χ0) is 22.6. The normalized spacial score (nSPS) is 16.5. The summed E-state index contributed by atoms with van der Waals surface area (Å²) in [5, 5.41) is 13.3. The molecule has 1 aromatic carbocycles. The van der Waals surface area contributed by atoms with Crippen LogP contribution in [0.25, 0.3) is 10.9 Å². The van der Waals surface area contributed by atoms with Crippen LogP contribution in [0.5, 0.6) is 0 Å². The lowest BCUT2D eigenvalue weighted by atomic mass is 10.1. The van der Waals surface area contributed by atoms with Crippen molar-refractivity contribution in [1.82, 2.24) is 14.5 Å². The standard InChI is InChI=1S/C20H17F5N4O2/c1-10-26-14-8-15(30)29(19(5-6-19)18(21)22)9-13(14)16(27-10)28-17(31)11-3-2-4-12(7-11)20(23,24)25/h2-4,7-9,17-18,31H,5-6H2,1H3,(H,26,27,28)/t17-/m1/s1. The maximum absolute atomic E-state index is 13.5. The Kier molecular flexibility index (Phi) is 4.95. The number of aryl methyl sites for hydroxylation is 1. The van der Waals surface area contributed by atoms with Crippen LogP contribution in [-0.2, 0) is 11.7 Å². The van der Waals surface area contributed by atoms with Crippen LogP contribution in [0.1, 0.15) is 36.0 Å². The Morgan fingerprint density at radius 3 is 2.52 bits per heavy atom. The van der Waals surface area contributed by atoms with E-state index >= 15 is 0 Å². The van der Waals surface area contributed by atoms with Crippen LogP contribution in [0.15, 0.2) is 41.3 Å². The second kappa shape index (κ2) is 7.26. The first-order chi connectivity index (χ1) is 14.5. The van der Waals surface area contributed by atoms with Gasteiger partial charge in [0, 0.05) is 17.8 Å². The van der Waals surface area contributed by atoms with Gasteiger partial charge in [-0.2, -0.15) is 13.2 Å². The minimum atomic E-state index is -4.59. The highest BCUT2D eigenvalue weighted by atomic mass is 19.4. The second-order valence-corrected chi connectivity index (χ2v) is 7.47. The number of anilines is 1. The van der Waals surface area contributed by atoms with E-state index in [1.54, 1.807) is 0 Å². The molecule has 0 saturated heterocycles. The van der Waals surface area contributed by atoms with Crippen molar-refractivity contribution in [3.63, 3.8) is 0 Å². The largest absolute Gasteiger partial charge is 0.416 e. The number of hydrogen-bond acceptors (Lipinski definition) is 5. The van der Waals surface area contributed by atoms with Crippen LogP contribution in [0, 0.1) is 6.92 Å². The monoisotopic (exact) mass is 440 g/mol. The van der Waals surface area contributed by atoms with E-state index in [4.69, 9.17) is 0 Å². The predicted octanol–water partition coefficient (Wildman–Crippen LogP) is 3.98. The first kappa shape index (κ1) is 21.2. The number of nitrogens with one attached hydrogen (secondary N) is 1.